The number of benzene rings is 1. The number of pyridine rings is 1. The van der Waals surface area contributed by atoms with Gasteiger partial charge in [0.25, 0.3) is 0 Å². The number of hydrogen-bond acceptors (Lipinski definition) is 5. The van der Waals surface area contributed by atoms with Crippen molar-refractivity contribution >= 4 is 33.8 Å². The summed E-state index contributed by atoms with van der Waals surface area (Å²) in [5.74, 6) is 0.510. The third-order valence-electron chi connectivity index (χ3n) is 4.13. The van der Waals surface area contributed by atoms with Crippen LogP contribution in [0, 0.1) is 0 Å². The summed E-state index contributed by atoms with van der Waals surface area (Å²) in [6.07, 6.45) is 3.34. The second-order valence-corrected chi connectivity index (χ2v) is 5.56. The quantitative estimate of drug-likeness (QED) is 0.592. The van der Waals surface area contributed by atoms with Crippen molar-refractivity contribution < 1.29 is 5.11 Å². The van der Waals surface area contributed by atoms with Crippen LogP contribution in [0.5, 0.6) is 0 Å². The average molecular weight is 295 g/mol. The van der Waals surface area contributed by atoms with Crippen molar-refractivity contribution in [1.82, 2.24) is 15.4 Å². The number of rotatable bonds is 3. The topological polar surface area (TPSA) is 99.3 Å². The molecule has 3 aromatic rings. The number of nitrogens with one attached hydrogen (secondary N) is 2. The molecule has 0 bridgehead atoms. The first kappa shape index (κ1) is 13.1. The Kier molecular flexibility index (Phi) is 2.97. The fourth-order valence-electron chi connectivity index (χ4n) is 3.00. The van der Waals surface area contributed by atoms with Gasteiger partial charge in [-0.05, 0) is 17.7 Å². The van der Waals surface area contributed by atoms with Crippen LogP contribution in [-0.2, 0) is 6.42 Å². The average Bonchev–Trinajstić information content (AvgIpc) is 3.17. The summed E-state index contributed by atoms with van der Waals surface area (Å²) in [5, 5.41) is 15.1. The molecule has 1 unspecified atom stereocenters. The van der Waals surface area contributed by atoms with Crippen molar-refractivity contribution in [2.24, 2.45) is 5.10 Å². The molecule has 1 atom stereocenters. The molecule has 4 rings (SSSR count). The first-order valence-electron chi connectivity index (χ1n) is 7.35. The summed E-state index contributed by atoms with van der Waals surface area (Å²) in [4.78, 5) is 7.89. The van der Waals surface area contributed by atoms with Gasteiger partial charge in [0.15, 0.2) is 0 Å². The van der Waals surface area contributed by atoms with Crippen LogP contribution in [0.1, 0.15) is 23.7 Å². The molecule has 0 saturated carbocycles. The highest BCUT2D eigenvalue weighted by molar-refractivity contribution is 6.08. The van der Waals surface area contributed by atoms with Crippen LogP contribution in [0.2, 0.25) is 0 Å². The molecule has 0 saturated heterocycles. The number of aromatic nitrogens is 2. The van der Waals surface area contributed by atoms with Gasteiger partial charge in [0.2, 0.25) is 0 Å². The maximum atomic E-state index is 9.10. The Labute approximate surface area is 127 Å². The number of fused-ring (bicyclic) bond motifs is 3. The van der Waals surface area contributed by atoms with E-state index in [1.165, 1.54) is 0 Å². The molecule has 0 radical (unpaired) electrons. The fourth-order valence-corrected chi connectivity index (χ4v) is 3.00. The zero-order valence-corrected chi connectivity index (χ0v) is 12.0. The second-order valence-electron chi connectivity index (χ2n) is 5.56. The highest BCUT2D eigenvalue weighted by Crippen LogP contribution is 2.30. The van der Waals surface area contributed by atoms with Crippen LogP contribution in [0.25, 0.3) is 21.8 Å². The lowest BCUT2D eigenvalue weighted by Crippen LogP contribution is -2.09. The van der Waals surface area contributed by atoms with Gasteiger partial charge in [-0.25, -0.2) is 4.98 Å². The molecule has 22 heavy (non-hydrogen) atoms. The minimum absolute atomic E-state index is 0.107. The van der Waals surface area contributed by atoms with E-state index in [9.17, 15) is 0 Å². The molecule has 0 amide bonds. The molecular formula is C16H17N5O. The van der Waals surface area contributed by atoms with E-state index in [0.29, 0.717) is 12.2 Å². The summed E-state index contributed by atoms with van der Waals surface area (Å²) in [6, 6.07) is 8.39. The molecule has 0 spiro atoms. The van der Waals surface area contributed by atoms with Crippen molar-refractivity contribution in [2.75, 3.05) is 12.3 Å². The van der Waals surface area contributed by atoms with Crippen molar-refractivity contribution in [3.63, 3.8) is 0 Å². The van der Waals surface area contributed by atoms with Crippen LogP contribution >= 0.6 is 0 Å². The van der Waals surface area contributed by atoms with Gasteiger partial charge < -0.3 is 21.2 Å². The number of nitrogens with zero attached hydrogens (tertiary/aromatic N) is 2. The van der Waals surface area contributed by atoms with Crippen molar-refractivity contribution in [1.29, 1.82) is 0 Å². The fraction of sp³-hybridized carbons (Fsp3) is 0.250. The van der Waals surface area contributed by atoms with Gasteiger partial charge in [0.05, 0.1) is 17.1 Å². The Morgan fingerprint density at radius 3 is 2.95 bits per heavy atom. The second kappa shape index (κ2) is 4.99. The van der Waals surface area contributed by atoms with Crippen LogP contribution in [0.15, 0.2) is 29.4 Å². The van der Waals surface area contributed by atoms with Gasteiger partial charge in [0.1, 0.15) is 5.82 Å². The number of H-pyrrole nitrogens is 1. The maximum Gasteiger partial charge on any atom is 0.133 e. The van der Waals surface area contributed by atoms with Crippen molar-refractivity contribution in [3.05, 3.63) is 35.5 Å². The van der Waals surface area contributed by atoms with E-state index in [0.717, 1.165) is 39.5 Å². The molecule has 6 nitrogen and oxygen atoms in total. The van der Waals surface area contributed by atoms with Crippen LogP contribution in [0.4, 0.5) is 5.82 Å². The molecule has 0 fully saturated rings. The summed E-state index contributed by atoms with van der Waals surface area (Å²) in [7, 11) is 0. The Bertz CT molecular complexity index is 875. The Hall–Kier alpha value is -2.60. The molecule has 112 valence electrons. The summed E-state index contributed by atoms with van der Waals surface area (Å²) in [5.41, 5.74) is 13.2. The first-order chi connectivity index (χ1) is 10.8. The van der Waals surface area contributed by atoms with E-state index >= 15 is 0 Å². The minimum Gasteiger partial charge on any atom is -0.396 e. The van der Waals surface area contributed by atoms with Crippen LogP contribution in [-0.4, -0.2) is 27.9 Å². The molecule has 1 aliphatic heterocycles. The largest absolute Gasteiger partial charge is 0.396 e. The smallest absolute Gasteiger partial charge is 0.133 e. The van der Waals surface area contributed by atoms with E-state index in [1.54, 1.807) is 0 Å². The van der Waals surface area contributed by atoms with Crippen molar-refractivity contribution in [2.45, 2.75) is 18.9 Å². The molecule has 2 aromatic heterocycles. The monoisotopic (exact) mass is 295 g/mol. The highest BCUT2D eigenvalue weighted by atomic mass is 16.3. The number of aromatic amines is 1. The van der Waals surface area contributed by atoms with E-state index in [1.807, 2.05) is 12.3 Å². The summed E-state index contributed by atoms with van der Waals surface area (Å²) < 4.78 is 0. The van der Waals surface area contributed by atoms with E-state index in [2.05, 4.69) is 38.7 Å². The van der Waals surface area contributed by atoms with Gasteiger partial charge in [0, 0.05) is 42.1 Å². The number of nitrogen functional groups attached to an aromatic ring is 1. The zero-order valence-electron chi connectivity index (χ0n) is 12.0. The Morgan fingerprint density at radius 1 is 1.27 bits per heavy atom. The zero-order chi connectivity index (χ0) is 15.1. The molecule has 1 aromatic carbocycles. The Balaban J connectivity index is 1.88. The summed E-state index contributed by atoms with van der Waals surface area (Å²) in [6.45, 7) is 0.107. The lowest BCUT2D eigenvalue weighted by molar-refractivity contribution is 0.298. The van der Waals surface area contributed by atoms with Gasteiger partial charge in [-0.2, -0.15) is 5.10 Å². The minimum atomic E-state index is 0.107. The van der Waals surface area contributed by atoms with E-state index in [4.69, 9.17) is 10.8 Å². The first-order valence-corrected chi connectivity index (χ1v) is 7.35. The van der Waals surface area contributed by atoms with Gasteiger partial charge >= 0.3 is 0 Å². The third kappa shape index (κ3) is 2.00. The van der Waals surface area contributed by atoms with Gasteiger partial charge in [-0.15, -0.1) is 0 Å². The number of aliphatic hydroxyl groups excluding tert-OH is 1. The molecule has 1 aliphatic rings. The van der Waals surface area contributed by atoms with E-state index < -0.39 is 0 Å². The normalized spacial score (nSPS) is 17.4. The number of aliphatic hydroxyl groups is 1. The third-order valence-corrected chi connectivity index (χ3v) is 4.13. The molecular weight excluding hydrogens is 278 g/mol. The molecule has 0 aliphatic carbocycles. The predicted octanol–water partition coefficient (Wildman–Crippen LogP) is 1.85. The van der Waals surface area contributed by atoms with E-state index in [-0.39, 0.29) is 12.6 Å². The van der Waals surface area contributed by atoms with Crippen molar-refractivity contribution in [3.8, 4) is 0 Å². The predicted molar refractivity (Wildman–Crippen MR) is 87.8 cm³/mol. The standard InChI is InChI=1S/C16H17N5O/c17-16-12-8-10(4-6-22)19-15(12)11-2-1-9(7-14(11)20-16)13-3-5-18-21-13/h1-2,5,7-8,13,19,21-22H,3-4,6H2,(H2,17,20). The maximum absolute atomic E-state index is 9.10. The van der Waals surface area contributed by atoms with Crippen LogP contribution in [0.3, 0.4) is 0 Å². The summed E-state index contributed by atoms with van der Waals surface area (Å²) >= 11 is 0. The SMILES string of the molecule is Nc1nc2cc(C3CC=NN3)ccc2c2[nH]c(CCO)cc12. The number of hydrogen-bond donors (Lipinski definition) is 4. The van der Waals surface area contributed by atoms with Crippen LogP contribution < -0.4 is 11.2 Å². The lowest BCUT2D eigenvalue weighted by atomic mass is 10.0. The van der Waals surface area contributed by atoms with Gasteiger partial charge in [-0.3, -0.25) is 0 Å². The highest BCUT2D eigenvalue weighted by Gasteiger charge is 2.16. The molecule has 3 heterocycles. The number of anilines is 1. The Morgan fingerprint density at radius 2 is 2.18 bits per heavy atom. The number of hydrazone groups is 1. The number of nitrogens with two attached hydrogens (primary N) is 1. The molecule has 5 N–H and O–H groups in total. The lowest BCUT2D eigenvalue weighted by Gasteiger charge is -2.11. The molecule has 6 heteroatoms. The van der Waals surface area contributed by atoms with Gasteiger partial charge in [-0.1, -0.05) is 12.1 Å².